The lowest BCUT2D eigenvalue weighted by molar-refractivity contribution is -0.123. The van der Waals surface area contributed by atoms with Crippen molar-refractivity contribution in [1.29, 1.82) is 0 Å². The zero-order chi connectivity index (χ0) is 16.8. The minimum atomic E-state index is -0.330. The van der Waals surface area contributed by atoms with E-state index in [9.17, 15) is 4.79 Å². The summed E-state index contributed by atoms with van der Waals surface area (Å²) < 4.78 is 10.7. The van der Waals surface area contributed by atoms with Gasteiger partial charge in [-0.25, -0.2) is 0 Å². The number of hydrogen-bond acceptors (Lipinski definition) is 3. The molecule has 1 aliphatic rings. The van der Waals surface area contributed by atoms with Crippen LogP contribution in [0, 0.1) is 0 Å². The number of rotatable bonds is 5. The first kappa shape index (κ1) is 16.5. The predicted octanol–water partition coefficient (Wildman–Crippen LogP) is 3.06. The van der Waals surface area contributed by atoms with Gasteiger partial charge in [-0.15, -0.1) is 0 Å². The Morgan fingerprint density at radius 3 is 2.38 bits per heavy atom. The number of benzene rings is 2. The van der Waals surface area contributed by atoms with Crippen LogP contribution in [0.1, 0.15) is 24.0 Å². The Morgan fingerprint density at radius 1 is 1.08 bits per heavy atom. The number of ether oxygens (including phenoxy) is 2. The predicted molar refractivity (Wildman–Crippen MR) is 93.0 cm³/mol. The summed E-state index contributed by atoms with van der Waals surface area (Å²) in [6.07, 6.45) is 1.95. The fourth-order valence-corrected chi connectivity index (χ4v) is 3.20. The van der Waals surface area contributed by atoms with Gasteiger partial charge >= 0.3 is 0 Å². The summed E-state index contributed by atoms with van der Waals surface area (Å²) in [5, 5.41) is 3.28. The van der Waals surface area contributed by atoms with E-state index in [0.29, 0.717) is 19.6 Å². The zero-order valence-corrected chi connectivity index (χ0v) is 14.0. The molecule has 1 aliphatic heterocycles. The zero-order valence-electron chi connectivity index (χ0n) is 14.0. The van der Waals surface area contributed by atoms with Gasteiger partial charge in [-0.2, -0.15) is 0 Å². The number of hydrogen-bond donors (Lipinski definition) is 1. The number of carbonyl (C=O) groups excluding carboxylic acids is 1. The van der Waals surface area contributed by atoms with Crippen molar-refractivity contribution in [2.45, 2.75) is 24.8 Å². The largest absolute Gasteiger partial charge is 0.497 e. The van der Waals surface area contributed by atoms with E-state index in [1.54, 1.807) is 7.11 Å². The SMILES string of the molecule is COc1ccc(CC(=O)NC2(c3ccccc3)CCOCC2)cc1. The van der Waals surface area contributed by atoms with Crippen LogP contribution in [0.2, 0.25) is 0 Å². The summed E-state index contributed by atoms with van der Waals surface area (Å²) in [5.41, 5.74) is 1.79. The minimum absolute atomic E-state index is 0.0333. The lowest BCUT2D eigenvalue weighted by atomic mass is 9.82. The summed E-state index contributed by atoms with van der Waals surface area (Å²) >= 11 is 0. The summed E-state index contributed by atoms with van der Waals surface area (Å²) in [7, 11) is 1.64. The number of amides is 1. The van der Waals surface area contributed by atoms with Crippen molar-refractivity contribution in [2.75, 3.05) is 20.3 Å². The van der Waals surface area contributed by atoms with Gasteiger partial charge in [0.15, 0.2) is 0 Å². The number of methoxy groups -OCH3 is 1. The Labute approximate surface area is 142 Å². The van der Waals surface area contributed by atoms with Crippen LogP contribution in [-0.4, -0.2) is 26.2 Å². The van der Waals surface area contributed by atoms with Crippen LogP contribution < -0.4 is 10.1 Å². The van der Waals surface area contributed by atoms with E-state index in [2.05, 4.69) is 17.4 Å². The highest BCUT2D eigenvalue weighted by Crippen LogP contribution is 2.32. The molecule has 4 heteroatoms. The molecule has 0 saturated carbocycles. The highest BCUT2D eigenvalue weighted by atomic mass is 16.5. The minimum Gasteiger partial charge on any atom is -0.497 e. The van der Waals surface area contributed by atoms with E-state index >= 15 is 0 Å². The topological polar surface area (TPSA) is 47.6 Å². The third-order valence-corrected chi connectivity index (χ3v) is 4.58. The monoisotopic (exact) mass is 325 g/mol. The van der Waals surface area contributed by atoms with E-state index in [1.807, 2.05) is 42.5 Å². The summed E-state index contributed by atoms with van der Waals surface area (Å²) in [5.74, 6) is 0.829. The molecule has 4 nitrogen and oxygen atoms in total. The lowest BCUT2D eigenvalue weighted by Crippen LogP contribution is -2.49. The maximum Gasteiger partial charge on any atom is 0.225 e. The Balaban J connectivity index is 1.73. The summed E-state index contributed by atoms with van der Waals surface area (Å²) in [6.45, 7) is 1.33. The van der Waals surface area contributed by atoms with Crippen molar-refractivity contribution >= 4 is 5.91 Å². The molecular weight excluding hydrogens is 302 g/mol. The van der Waals surface area contributed by atoms with Crippen LogP contribution in [0.15, 0.2) is 54.6 Å². The standard InChI is InChI=1S/C20H23NO3/c1-23-18-9-7-16(8-10-18)15-19(22)21-20(11-13-24-14-12-20)17-5-3-2-4-6-17/h2-10H,11-15H2,1H3,(H,21,22). The molecule has 2 aromatic carbocycles. The molecule has 24 heavy (non-hydrogen) atoms. The van der Waals surface area contributed by atoms with Gasteiger partial charge in [0, 0.05) is 13.2 Å². The van der Waals surface area contributed by atoms with Gasteiger partial charge in [0.25, 0.3) is 0 Å². The molecule has 1 amide bonds. The van der Waals surface area contributed by atoms with Crippen LogP contribution in [-0.2, 0) is 21.5 Å². The third-order valence-electron chi connectivity index (χ3n) is 4.58. The molecule has 2 aromatic rings. The van der Waals surface area contributed by atoms with Crippen LogP contribution in [0.5, 0.6) is 5.75 Å². The van der Waals surface area contributed by atoms with Crippen LogP contribution in [0.4, 0.5) is 0 Å². The van der Waals surface area contributed by atoms with Crippen LogP contribution in [0.25, 0.3) is 0 Å². The highest BCUT2D eigenvalue weighted by molar-refractivity contribution is 5.79. The third kappa shape index (κ3) is 3.77. The molecule has 1 N–H and O–H groups in total. The van der Waals surface area contributed by atoms with Gasteiger partial charge in [0.2, 0.25) is 5.91 Å². The Bertz CT molecular complexity index is 661. The average Bonchev–Trinajstić information content (AvgIpc) is 2.64. The average molecular weight is 325 g/mol. The quantitative estimate of drug-likeness (QED) is 0.919. The summed E-state index contributed by atoms with van der Waals surface area (Å²) in [4.78, 5) is 12.6. The first-order valence-corrected chi connectivity index (χ1v) is 8.29. The Kier molecular flexibility index (Phi) is 5.16. The fourth-order valence-electron chi connectivity index (χ4n) is 3.20. The van der Waals surface area contributed by atoms with Gasteiger partial charge in [0.05, 0.1) is 19.1 Å². The lowest BCUT2D eigenvalue weighted by Gasteiger charge is -2.38. The maximum absolute atomic E-state index is 12.6. The smallest absolute Gasteiger partial charge is 0.225 e. The second-order valence-corrected chi connectivity index (χ2v) is 6.13. The first-order chi connectivity index (χ1) is 11.7. The number of nitrogens with one attached hydrogen (secondary N) is 1. The van der Waals surface area contributed by atoms with Gasteiger partial charge in [-0.3, -0.25) is 4.79 Å². The highest BCUT2D eigenvalue weighted by Gasteiger charge is 2.35. The van der Waals surface area contributed by atoms with E-state index in [1.165, 1.54) is 0 Å². The van der Waals surface area contributed by atoms with Crippen molar-refractivity contribution in [3.05, 3.63) is 65.7 Å². The van der Waals surface area contributed by atoms with Gasteiger partial charge < -0.3 is 14.8 Å². The van der Waals surface area contributed by atoms with E-state index in [4.69, 9.17) is 9.47 Å². The molecule has 0 aliphatic carbocycles. The van der Waals surface area contributed by atoms with Crippen molar-refractivity contribution in [3.63, 3.8) is 0 Å². The van der Waals surface area contributed by atoms with Gasteiger partial charge in [-0.1, -0.05) is 42.5 Å². The molecule has 126 valence electrons. The van der Waals surface area contributed by atoms with Gasteiger partial charge in [0.1, 0.15) is 5.75 Å². The van der Waals surface area contributed by atoms with Crippen LogP contribution >= 0.6 is 0 Å². The maximum atomic E-state index is 12.6. The second-order valence-electron chi connectivity index (χ2n) is 6.13. The number of carbonyl (C=O) groups is 1. The van der Waals surface area contributed by atoms with Gasteiger partial charge in [-0.05, 0) is 36.1 Å². The molecule has 1 heterocycles. The molecule has 0 atom stereocenters. The first-order valence-electron chi connectivity index (χ1n) is 8.29. The Morgan fingerprint density at radius 2 is 1.75 bits per heavy atom. The van der Waals surface area contributed by atoms with Crippen molar-refractivity contribution < 1.29 is 14.3 Å². The van der Waals surface area contributed by atoms with E-state index in [-0.39, 0.29) is 11.4 Å². The van der Waals surface area contributed by atoms with Crippen molar-refractivity contribution in [2.24, 2.45) is 0 Å². The van der Waals surface area contributed by atoms with E-state index in [0.717, 1.165) is 29.7 Å². The molecule has 1 fully saturated rings. The van der Waals surface area contributed by atoms with Crippen LogP contribution in [0.3, 0.4) is 0 Å². The normalized spacial score (nSPS) is 16.4. The van der Waals surface area contributed by atoms with Crippen molar-refractivity contribution in [1.82, 2.24) is 5.32 Å². The Hall–Kier alpha value is -2.33. The second kappa shape index (κ2) is 7.49. The molecule has 0 radical (unpaired) electrons. The molecule has 0 aromatic heterocycles. The molecule has 1 saturated heterocycles. The summed E-state index contributed by atoms with van der Waals surface area (Å²) in [6, 6.07) is 17.8. The van der Waals surface area contributed by atoms with Crippen molar-refractivity contribution in [3.8, 4) is 5.75 Å². The molecule has 0 bridgehead atoms. The molecule has 3 rings (SSSR count). The fraction of sp³-hybridized carbons (Fsp3) is 0.350. The molecule has 0 spiro atoms. The molecular formula is C20H23NO3. The molecule has 0 unspecified atom stereocenters. The van der Waals surface area contributed by atoms with E-state index < -0.39 is 0 Å².